The number of ether oxygens (including phenoxy) is 4. The highest BCUT2D eigenvalue weighted by atomic mass is 35.5. The molecule has 1 N–H and O–H groups in total. The molecule has 10 heteroatoms. The van der Waals surface area contributed by atoms with Gasteiger partial charge in [0.05, 0.1) is 45.7 Å². The third-order valence-electron chi connectivity index (χ3n) is 6.04. The van der Waals surface area contributed by atoms with E-state index in [2.05, 4.69) is 0 Å². The maximum Gasteiger partial charge on any atom is 0.290 e. The molecule has 1 unspecified atom stereocenters. The number of hydrogen-bond acceptors (Lipinski definition) is 8. The average Bonchev–Trinajstić information content (AvgIpc) is 3.41. The minimum Gasteiger partial charge on any atom is -0.503 e. The first kappa shape index (κ1) is 26.4. The minimum absolute atomic E-state index is 0.0376. The Labute approximate surface area is 219 Å². The second-order valence-corrected chi connectivity index (χ2v) is 9.10. The van der Waals surface area contributed by atoms with Crippen LogP contribution in [0.2, 0.25) is 5.02 Å². The maximum absolute atomic E-state index is 13.8. The molecule has 1 aromatic heterocycles. The molecule has 0 radical (unpaired) electrons. The predicted molar refractivity (Wildman–Crippen MR) is 137 cm³/mol. The number of halogens is 1. The fourth-order valence-electron chi connectivity index (χ4n) is 4.37. The first-order valence-corrected chi connectivity index (χ1v) is 12.0. The first-order valence-electron chi connectivity index (χ1n) is 11.6. The molecule has 0 aliphatic carbocycles. The molecule has 1 aliphatic heterocycles. The Morgan fingerprint density at radius 2 is 1.76 bits per heavy atom. The van der Waals surface area contributed by atoms with Gasteiger partial charge >= 0.3 is 0 Å². The summed E-state index contributed by atoms with van der Waals surface area (Å²) in [5.74, 6) is -1.02. The van der Waals surface area contributed by atoms with Crippen LogP contribution in [0.5, 0.6) is 17.2 Å². The van der Waals surface area contributed by atoms with Gasteiger partial charge in [-0.15, -0.1) is 0 Å². The van der Waals surface area contributed by atoms with E-state index < -0.39 is 23.5 Å². The number of nitrogens with zero attached hydrogens (tertiary/aromatic N) is 1. The van der Waals surface area contributed by atoms with E-state index in [-0.39, 0.29) is 30.6 Å². The van der Waals surface area contributed by atoms with Gasteiger partial charge in [-0.25, -0.2) is 0 Å². The topological polar surface area (TPSA) is 108 Å². The fraction of sp³-hybridized carbons (Fsp3) is 0.333. The van der Waals surface area contributed by atoms with Crippen LogP contribution < -0.4 is 14.2 Å². The second-order valence-electron chi connectivity index (χ2n) is 8.66. The number of carbonyl (C=O) groups excluding carboxylic acids is 2. The van der Waals surface area contributed by atoms with Crippen molar-refractivity contribution in [3.63, 3.8) is 0 Å². The van der Waals surface area contributed by atoms with E-state index in [1.807, 2.05) is 13.8 Å². The number of carbonyl (C=O) groups is 2. The molecule has 196 valence electrons. The number of furan rings is 1. The normalized spacial score (nSPS) is 15.7. The van der Waals surface area contributed by atoms with E-state index in [0.717, 1.165) is 0 Å². The van der Waals surface area contributed by atoms with E-state index in [1.54, 1.807) is 30.3 Å². The van der Waals surface area contributed by atoms with Gasteiger partial charge in [-0.2, -0.15) is 0 Å². The Bertz CT molecular complexity index is 1350. The number of ketones is 1. The number of Topliss-reactive ketones (excluding diaryl/α,β-unsaturated/α-hetero) is 1. The van der Waals surface area contributed by atoms with Crippen LogP contribution in [-0.2, 0) is 9.53 Å². The third-order valence-corrected chi connectivity index (χ3v) is 6.27. The van der Waals surface area contributed by atoms with Crippen molar-refractivity contribution in [2.24, 2.45) is 0 Å². The van der Waals surface area contributed by atoms with Crippen molar-refractivity contribution in [2.75, 3.05) is 34.5 Å². The number of amides is 1. The van der Waals surface area contributed by atoms with Crippen LogP contribution >= 0.6 is 11.6 Å². The minimum atomic E-state index is -0.971. The standard InChI is InChI=1S/C27H28ClNO8/c1-14(2)36-9-8-29-23(16-12-20(33-3)26(35-5)21(13-16)34-4)22(25(31)27(29)32)24(30)19-11-15-10-17(28)6-7-18(15)37-19/h6-7,10-14,23,31H,8-9H2,1-5H3. The summed E-state index contributed by atoms with van der Waals surface area (Å²) in [5.41, 5.74) is 0.789. The van der Waals surface area contributed by atoms with E-state index in [1.165, 1.54) is 32.3 Å². The number of benzene rings is 2. The molecule has 1 amide bonds. The van der Waals surface area contributed by atoms with Crippen molar-refractivity contribution in [2.45, 2.75) is 26.0 Å². The number of fused-ring (bicyclic) bond motifs is 1. The number of aliphatic hydroxyl groups is 1. The highest BCUT2D eigenvalue weighted by molar-refractivity contribution is 6.31. The van der Waals surface area contributed by atoms with Crippen molar-refractivity contribution in [1.82, 2.24) is 4.90 Å². The lowest BCUT2D eigenvalue weighted by atomic mass is 9.94. The predicted octanol–water partition coefficient (Wildman–Crippen LogP) is 5.12. The monoisotopic (exact) mass is 529 g/mol. The number of rotatable bonds is 10. The largest absolute Gasteiger partial charge is 0.503 e. The number of aliphatic hydroxyl groups excluding tert-OH is 1. The smallest absolute Gasteiger partial charge is 0.290 e. The highest BCUT2D eigenvalue weighted by Gasteiger charge is 2.45. The lowest BCUT2D eigenvalue weighted by Crippen LogP contribution is -2.34. The molecule has 0 bridgehead atoms. The Kier molecular flexibility index (Phi) is 7.65. The summed E-state index contributed by atoms with van der Waals surface area (Å²) in [5, 5.41) is 12.1. The van der Waals surface area contributed by atoms with Gasteiger partial charge in [0.1, 0.15) is 5.58 Å². The van der Waals surface area contributed by atoms with Gasteiger partial charge < -0.3 is 33.4 Å². The zero-order valence-corrected chi connectivity index (χ0v) is 21.9. The summed E-state index contributed by atoms with van der Waals surface area (Å²) < 4.78 is 27.8. The van der Waals surface area contributed by atoms with Crippen molar-refractivity contribution < 1.29 is 38.1 Å². The molecule has 1 atom stereocenters. The quantitative estimate of drug-likeness (QED) is 0.361. The van der Waals surface area contributed by atoms with Crippen LogP contribution in [0.4, 0.5) is 0 Å². The summed E-state index contributed by atoms with van der Waals surface area (Å²) in [4.78, 5) is 28.4. The Hall–Kier alpha value is -3.69. The highest BCUT2D eigenvalue weighted by Crippen LogP contribution is 2.45. The van der Waals surface area contributed by atoms with Gasteiger partial charge in [0.2, 0.25) is 11.5 Å². The molecule has 2 heterocycles. The average molecular weight is 530 g/mol. The summed E-state index contributed by atoms with van der Waals surface area (Å²) in [6, 6.07) is 8.80. The lowest BCUT2D eigenvalue weighted by molar-refractivity contribution is -0.130. The molecule has 0 saturated heterocycles. The SMILES string of the molecule is COc1cc(C2C(C(=O)c3cc4cc(Cl)ccc4o3)=C(O)C(=O)N2CCOC(C)C)cc(OC)c1OC. The van der Waals surface area contributed by atoms with Crippen molar-refractivity contribution in [3.8, 4) is 17.2 Å². The fourth-order valence-corrected chi connectivity index (χ4v) is 4.55. The van der Waals surface area contributed by atoms with Crippen LogP contribution in [-0.4, -0.2) is 62.3 Å². The molecule has 1 aliphatic rings. The van der Waals surface area contributed by atoms with Gasteiger partial charge in [-0.1, -0.05) is 11.6 Å². The summed E-state index contributed by atoms with van der Waals surface area (Å²) in [6.45, 7) is 4.07. The van der Waals surface area contributed by atoms with Crippen molar-refractivity contribution >= 4 is 34.3 Å². The zero-order valence-electron chi connectivity index (χ0n) is 21.2. The lowest BCUT2D eigenvalue weighted by Gasteiger charge is -2.28. The Balaban J connectivity index is 1.84. The van der Waals surface area contributed by atoms with Crippen molar-refractivity contribution in [1.29, 1.82) is 0 Å². The zero-order chi connectivity index (χ0) is 26.9. The van der Waals surface area contributed by atoms with Crippen LogP contribution in [0.3, 0.4) is 0 Å². The summed E-state index contributed by atoms with van der Waals surface area (Å²) in [7, 11) is 4.41. The van der Waals surface area contributed by atoms with Crippen LogP contribution in [0.1, 0.15) is 36.0 Å². The Morgan fingerprint density at radius 1 is 1.08 bits per heavy atom. The summed E-state index contributed by atoms with van der Waals surface area (Å²) >= 11 is 6.08. The Morgan fingerprint density at radius 3 is 2.35 bits per heavy atom. The van der Waals surface area contributed by atoms with E-state index in [9.17, 15) is 14.7 Å². The maximum atomic E-state index is 13.8. The van der Waals surface area contributed by atoms with Gasteiger partial charge in [-0.3, -0.25) is 9.59 Å². The van der Waals surface area contributed by atoms with Gasteiger partial charge in [0.15, 0.2) is 23.0 Å². The molecule has 0 fully saturated rings. The van der Waals surface area contributed by atoms with Gasteiger partial charge in [-0.05, 0) is 55.8 Å². The van der Waals surface area contributed by atoms with Crippen molar-refractivity contribution in [3.05, 3.63) is 64.1 Å². The first-order chi connectivity index (χ1) is 17.7. The molecule has 37 heavy (non-hydrogen) atoms. The van der Waals surface area contributed by atoms with Crippen LogP contribution in [0.25, 0.3) is 11.0 Å². The molecule has 3 aromatic rings. The van der Waals surface area contributed by atoms with Gasteiger partial charge in [0.25, 0.3) is 5.91 Å². The molecule has 0 spiro atoms. The number of methoxy groups -OCH3 is 3. The second kappa shape index (κ2) is 10.7. The third kappa shape index (κ3) is 4.97. The van der Waals surface area contributed by atoms with Crippen LogP contribution in [0.15, 0.2) is 52.1 Å². The molecule has 4 rings (SSSR count). The van der Waals surface area contributed by atoms with E-state index >= 15 is 0 Å². The van der Waals surface area contributed by atoms with Gasteiger partial charge in [0, 0.05) is 17.0 Å². The van der Waals surface area contributed by atoms with Crippen LogP contribution in [0, 0.1) is 0 Å². The molecule has 2 aromatic carbocycles. The van der Waals surface area contributed by atoms with E-state index in [4.69, 9.17) is 35.0 Å². The molecular formula is C27H28ClNO8. The molecular weight excluding hydrogens is 502 g/mol. The number of hydrogen-bond donors (Lipinski definition) is 1. The van der Waals surface area contributed by atoms with E-state index in [0.29, 0.717) is 38.8 Å². The molecule has 0 saturated carbocycles. The summed E-state index contributed by atoms with van der Waals surface area (Å²) in [6.07, 6.45) is -0.0673. The molecule has 9 nitrogen and oxygen atoms in total.